The van der Waals surface area contributed by atoms with Crippen molar-refractivity contribution in [3.8, 4) is 0 Å². The van der Waals surface area contributed by atoms with Crippen LogP contribution < -0.4 is 10.6 Å². The fourth-order valence-corrected chi connectivity index (χ4v) is 3.79. The molecule has 3 atom stereocenters. The van der Waals surface area contributed by atoms with Crippen LogP contribution in [0.1, 0.15) is 23.5 Å². The standard InChI is InChI=1S/C15H20N2O3S/c1-21(19,20)9-8-16-15(18)17-14-12-7-6-10-4-2-3-5-11(10)13(12)14/h2-5,12-14H,6-9H2,1H3,(H2,16,17,18)/t12-,13-,14+/m0/s1. The summed E-state index contributed by atoms with van der Waals surface area (Å²) < 4.78 is 22.0. The van der Waals surface area contributed by atoms with E-state index in [4.69, 9.17) is 0 Å². The summed E-state index contributed by atoms with van der Waals surface area (Å²) in [7, 11) is -3.04. The van der Waals surface area contributed by atoms with Crippen LogP contribution in [0, 0.1) is 5.92 Å². The molecule has 2 aliphatic carbocycles. The molecule has 2 N–H and O–H groups in total. The lowest BCUT2D eigenvalue weighted by Gasteiger charge is -2.13. The fraction of sp³-hybridized carbons (Fsp3) is 0.533. The van der Waals surface area contributed by atoms with Crippen LogP contribution >= 0.6 is 0 Å². The van der Waals surface area contributed by atoms with E-state index in [0.717, 1.165) is 12.8 Å². The van der Waals surface area contributed by atoms with E-state index >= 15 is 0 Å². The zero-order valence-corrected chi connectivity index (χ0v) is 12.8. The van der Waals surface area contributed by atoms with E-state index in [1.54, 1.807) is 0 Å². The van der Waals surface area contributed by atoms with Crippen molar-refractivity contribution < 1.29 is 13.2 Å². The van der Waals surface area contributed by atoms with Crippen molar-refractivity contribution in [2.75, 3.05) is 18.6 Å². The van der Waals surface area contributed by atoms with E-state index < -0.39 is 9.84 Å². The Hall–Kier alpha value is -1.56. The second kappa shape index (κ2) is 5.33. The summed E-state index contributed by atoms with van der Waals surface area (Å²) in [6, 6.07) is 8.33. The van der Waals surface area contributed by atoms with Gasteiger partial charge in [-0.2, -0.15) is 0 Å². The third-order valence-electron chi connectivity index (χ3n) is 4.39. The molecule has 1 fully saturated rings. The van der Waals surface area contributed by atoms with Crippen LogP contribution in [0.15, 0.2) is 24.3 Å². The summed E-state index contributed by atoms with van der Waals surface area (Å²) in [5.41, 5.74) is 2.75. The lowest BCUT2D eigenvalue weighted by atomic mass is 9.92. The average molecular weight is 308 g/mol. The maximum atomic E-state index is 11.8. The highest BCUT2D eigenvalue weighted by Crippen LogP contribution is 2.54. The first-order valence-corrected chi connectivity index (χ1v) is 9.31. The lowest BCUT2D eigenvalue weighted by molar-refractivity contribution is 0.240. The molecule has 3 rings (SSSR count). The second-order valence-corrected chi connectivity index (χ2v) is 8.24. The van der Waals surface area contributed by atoms with Gasteiger partial charge in [0.25, 0.3) is 0 Å². The summed E-state index contributed by atoms with van der Waals surface area (Å²) in [4.78, 5) is 11.8. The van der Waals surface area contributed by atoms with Gasteiger partial charge in [-0.1, -0.05) is 24.3 Å². The molecule has 0 bridgehead atoms. The summed E-state index contributed by atoms with van der Waals surface area (Å²) in [6.45, 7) is 0.156. The summed E-state index contributed by atoms with van der Waals surface area (Å²) >= 11 is 0. The van der Waals surface area contributed by atoms with Crippen molar-refractivity contribution in [3.05, 3.63) is 35.4 Å². The summed E-state index contributed by atoms with van der Waals surface area (Å²) in [5.74, 6) is 0.928. The Morgan fingerprint density at radius 1 is 1.33 bits per heavy atom. The number of carbonyl (C=O) groups excluding carboxylic acids is 1. The highest BCUT2D eigenvalue weighted by Gasteiger charge is 2.53. The molecule has 21 heavy (non-hydrogen) atoms. The molecule has 0 radical (unpaired) electrons. The topological polar surface area (TPSA) is 75.3 Å². The normalized spacial score (nSPS) is 26.4. The zero-order chi connectivity index (χ0) is 15.0. The maximum Gasteiger partial charge on any atom is 0.315 e. The number of fused-ring (bicyclic) bond motifs is 3. The lowest BCUT2D eigenvalue weighted by Crippen LogP contribution is -2.39. The van der Waals surface area contributed by atoms with Gasteiger partial charge in [-0.15, -0.1) is 0 Å². The quantitative estimate of drug-likeness (QED) is 0.873. The van der Waals surface area contributed by atoms with E-state index in [1.807, 2.05) is 6.07 Å². The van der Waals surface area contributed by atoms with Crippen molar-refractivity contribution in [3.63, 3.8) is 0 Å². The van der Waals surface area contributed by atoms with Gasteiger partial charge < -0.3 is 10.6 Å². The Morgan fingerprint density at radius 3 is 2.86 bits per heavy atom. The van der Waals surface area contributed by atoms with Gasteiger partial charge in [0.1, 0.15) is 9.84 Å². The molecule has 0 aliphatic heterocycles. The highest BCUT2D eigenvalue weighted by atomic mass is 32.2. The second-order valence-electron chi connectivity index (χ2n) is 5.98. The van der Waals surface area contributed by atoms with Gasteiger partial charge in [0.15, 0.2) is 0 Å². The smallest absolute Gasteiger partial charge is 0.315 e. The van der Waals surface area contributed by atoms with E-state index in [0.29, 0.717) is 11.8 Å². The zero-order valence-electron chi connectivity index (χ0n) is 12.0. The van der Waals surface area contributed by atoms with Gasteiger partial charge in [0.05, 0.1) is 5.75 Å². The van der Waals surface area contributed by atoms with E-state index in [1.165, 1.54) is 17.4 Å². The fourth-order valence-electron chi connectivity index (χ4n) is 3.32. The van der Waals surface area contributed by atoms with Crippen LogP contribution in [-0.2, 0) is 16.3 Å². The summed E-state index contributed by atoms with van der Waals surface area (Å²) in [5, 5.41) is 5.59. The Kier molecular flexibility index (Phi) is 3.65. The third kappa shape index (κ3) is 3.20. The Labute approximate surface area is 125 Å². The van der Waals surface area contributed by atoms with Crippen LogP contribution in [0.2, 0.25) is 0 Å². The third-order valence-corrected chi connectivity index (χ3v) is 5.33. The molecule has 114 valence electrons. The first-order chi connectivity index (χ1) is 9.96. The minimum Gasteiger partial charge on any atom is -0.337 e. The van der Waals surface area contributed by atoms with Gasteiger partial charge in [0.2, 0.25) is 0 Å². The number of rotatable bonds is 4. The van der Waals surface area contributed by atoms with Gasteiger partial charge in [-0.05, 0) is 29.9 Å². The highest BCUT2D eigenvalue weighted by molar-refractivity contribution is 7.90. The molecule has 2 amide bonds. The molecule has 5 nitrogen and oxygen atoms in total. The molecule has 1 aromatic carbocycles. The van der Waals surface area contributed by atoms with Crippen LogP contribution in [0.3, 0.4) is 0 Å². The average Bonchev–Trinajstić information content (AvgIpc) is 3.11. The van der Waals surface area contributed by atoms with Crippen molar-refractivity contribution in [2.45, 2.75) is 24.8 Å². The number of hydrogen-bond acceptors (Lipinski definition) is 3. The molecular weight excluding hydrogens is 288 g/mol. The number of carbonyl (C=O) groups is 1. The minimum absolute atomic E-state index is 0.0270. The van der Waals surface area contributed by atoms with E-state index in [-0.39, 0.29) is 24.4 Å². The molecule has 0 saturated heterocycles. The van der Waals surface area contributed by atoms with Gasteiger partial charge in [-0.3, -0.25) is 0 Å². The van der Waals surface area contributed by atoms with E-state index in [2.05, 4.69) is 28.8 Å². The Bertz CT molecular complexity index is 657. The van der Waals surface area contributed by atoms with Crippen LogP contribution in [0.5, 0.6) is 0 Å². The SMILES string of the molecule is CS(=O)(=O)CCNC(=O)N[C@@H]1[C@H]2CCc3ccccc3[C@@H]21. The minimum atomic E-state index is -3.04. The number of urea groups is 1. The van der Waals surface area contributed by atoms with E-state index in [9.17, 15) is 13.2 Å². The monoisotopic (exact) mass is 308 g/mol. The number of amides is 2. The summed E-state index contributed by atoms with van der Waals surface area (Å²) in [6.07, 6.45) is 3.35. The van der Waals surface area contributed by atoms with Crippen LogP contribution in [-0.4, -0.2) is 39.0 Å². The molecule has 0 unspecified atom stereocenters. The van der Waals surface area contributed by atoms with Gasteiger partial charge in [-0.25, -0.2) is 13.2 Å². The van der Waals surface area contributed by atoms with Crippen LogP contribution in [0.4, 0.5) is 4.79 Å². The van der Waals surface area contributed by atoms with Crippen molar-refractivity contribution in [1.29, 1.82) is 0 Å². The van der Waals surface area contributed by atoms with Crippen LogP contribution in [0.25, 0.3) is 0 Å². The first-order valence-electron chi connectivity index (χ1n) is 7.25. The number of sulfone groups is 1. The van der Waals surface area contributed by atoms with Crippen molar-refractivity contribution in [2.24, 2.45) is 5.92 Å². The molecule has 0 spiro atoms. The first kappa shape index (κ1) is 14.4. The molecule has 1 aromatic rings. The number of aryl methyl sites for hydroxylation is 1. The van der Waals surface area contributed by atoms with Gasteiger partial charge in [0, 0.05) is 24.8 Å². The molecule has 1 saturated carbocycles. The number of nitrogens with one attached hydrogen (secondary N) is 2. The molecule has 0 heterocycles. The molecule has 2 aliphatic rings. The predicted octanol–water partition coefficient (Wildman–Crippen LogP) is 1.06. The maximum absolute atomic E-state index is 11.8. The molecule has 6 heteroatoms. The predicted molar refractivity (Wildman–Crippen MR) is 81.0 cm³/mol. The number of benzene rings is 1. The Balaban J connectivity index is 1.53. The van der Waals surface area contributed by atoms with Gasteiger partial charge >= 0.3 is 6.03 Å². The molecular formula is C15H20N2O3S. The van der Waals surface area contributed by atoms with Crippen molar-refractivity contribution in [1.82, 2.24) is 10.6 Å². The largest absolute Gasteiger partial charge is 0.337 e. The number of hydrogen-bond donors (Lipinski definition) is 2. The Morgan fingerprint density at radius 2 is 2.10 bits per heavy atom. The molecule has 0 aromatic heterocycles. The van der Waals surface area contributed by atoms with Crippen molar-refractivity contribution >= 4 is 15.9 Å².